The average Bonchev–Trinajstić information content (AvgIpc) is 2.54. The summed E-state index contributed by atoms with van der Waals surface area (Å²) < 4.78 is 58.2. The second kappa shape index (κ2) is 6.02. The van der Waals surface area contributed by atoms with Crippen molar-refractivity contribution < 1.29 is 27.4 Å². The van der Waals surface area contributed by atoms with Crippen LogP contribution in [0.4, 0.5) is 13.2 Å². The van der Waals surface area contributed by atoms with Gasteiger partial charge in [-0.25, -0.2) is 0 Å². The average molecular weight is 395 g/mol. The normalized spacial score (nSPS) is 33.9. The number of fused-ring (bicyclic) bond motifs is 3. The van der Waals surface area contributed by atoms with Crippen LogP contribution in [0.15, 0.2) is 28.7 Å². The van der Waals surface area contributed by atoms with Gasteiger partial charge in [-0.2, -0.15) is 13.2 Å². The number of ether oxygens (including phenoxy) is 3. The van der Waals surface area contributed by atoms with Crippen molar-refractivity contribution in [3.63, 3.8) is 0 Å². The molecular formula is C16H18BrF3O3. The minimum Gasteiger partial charge on any atom is -0.323 e. The van der Waals surface area contributed by atoms with Gasteiger partial charge in [-0.15, -0.1) is 0 Å². The van der Waals surface area contributed by atoms with E-state index in [9.17, 15) is 13.2 Å². The van der Waals surface area contributed by atoms with Gasteiger partial charge < -0.3 is 14.2 Å². The summed E-state index contributed by atoms with van der Waals surface area (Å²) in [6.07, 6.45) is -4.49. The molecule has 0 saturated carbocycles. The van der Waals surface area contributed by atoms with Crippen LogP contribution in [0.5, 0.6) is 0 Å². The smallest absolute Gasteiger partial charge is 0.323 e. The van der Waals surface area contributed by atoms with E-state index in [1.54, 1.807) is 24.3 Å². The standard InChI is InChI=1S/C16H18BrF3O3/c1-2-3-8-14-9-21-16(22-10-14,23-13(14)15(18,19)20)11-4-6-12(17)7-5-11/h4-7,13H,2-3,8-10H2,1H3. The van der Waals surface area contributed by atoms with E-state index in [2.05, 4.69) is 15.9 Å². The molecule has 1 unspecified atom stereocenters. The van der Waals surface area contributed by atoms with E-state index in [1.807, 2.05) is 6.92 Å². The number of alkyl halides is 3. The van der Waals surface area contributed by atoms with Gasteiger partial charge in [-0.1, -0.05) is 35.7 Å². The zero-order valence-electron chi connectivity index (χ0n) is 12.7. The molecular weight excluding hydrogens is 377 g/mol. The van der Waals surface area contributed by atoms with E-state index < -0.39 is 23.7 Å². The Morgan fingerprint density at radius 2 is 1.78 bits per heavy atom. The zero-order chi connectivity index (χ0) is 16.7. The Bertz CT molecular complexity index is 551. The van der Waals surface area contributed by atoms with E-state index in [0.717, 1.165) is 10.9 Å². The lowest BCUT2D eigenvalue weighted by Crippen LogP contribution is -2.66. The maximum absolute atomic E-state index is 13.6. The highest BCUT2D eigenvalue weighted by atomic mass is 79.9. The van der Waals surface area contributed by atoms with Crippen molar-refractivity contribution in [2.24, 2.45) is 5.41 Å². The van der Waals surface area contributed by atoms with Crippen LogP contribution in [0.1, 0.15) is 31.7 Å². The van der Waals surface area contributed by atoms with E-state index >= 15 is 0 Å². The van der Waals surface area contributed by atoms with Crippen molar-refractivity contribution in [3.8, 4) is 0 Å². The third-order valence-corrected chi connectivity index (χ3v) is 4.98. The molecule has 1 aromatic rings. The number of benzene rings is 1. The monoisotopic (exact) mass is 394 g/mol. The Labute approximate surface area is 141 Å². The molecule has 3 aliphatic rings. The third-order valence-electron chi connectivity index (χ3n) is 4.45. The predicted octanol–water partition coefficient (Wildman–Crippen LogP) is 4.74. The molecule has 1 atom stereocenters. The van der Waals surface area contributed by atoms with Crippen LogP contribution in [-0.4, -0.2) is 25.5 Å². The minimum absolute atomic E-state index is 0.0206. The topological polar surface area (TPSA) is 27.7 Å². The maximum Gasteiger partial charge on any atom is 0.415 e. The summed E-state index contributed by atoms with van der Waals surface area (Å²) in [7, 11) is 0. The van der Waals surface area contributed by atoms with Crippen LogP contribution in [0.2, 0.25) is 0 Å². The number of hydrogen-bond acceptors (Lipinski definition) is 3. The SMILES string of the molecule is CCCCC12COC(c3ccc(Br)cc3)(OC1)OC2C(F)(F)F. The molecule has 0 aromatic heterocycles. The van der Waals surface area contributed by atoms with E-state index in [0.29, 0.717) is 18.4 Å². The molecule has 3 saturated heterocycles. The molecule has 0 spiro atoms. The van der Waals surface area contributed by atoms with Crippen molar-refractivity contribution >= 4 is 15.9 Å². The molecule has 7 heteroatoms. The van der Waals surface area contributed by atoms with Crippen molar-refractivity contribution in [2.45, 2.75) is 44.4 Å². The maximum atomic E-state index is 13.6. The Kier molecular flexibility index (Phi) is 4.50. The molecule has 0 amide bonds. The Hall–Kier alpha value is -0.630. The highest BCUT2D eigenvalue weighted by Crippen LogP contribution is 2.54. The number of rotatable bonds is 4. The van der Waals surface area contributed by atoms with Crippen LogP contribution < -0.4 is 0 Å². The van der Waals surface area contributed by atoms with Gasteiger partial charge in [0.1, 0.15) is 0 Å². The van der Waals surface area contributed by atoms with Crippen LogP contribution in [-0.2, 0) is 20.2 Å². The van der Waals surface area contributed by atoms with Gasteiger partial charge >= 0.3 is 12.1 Å². The van der Waals surface area contributed by atoms with Crippen molar-refractivity contribution in [1.29, 1.82) is 0 Å². The van der Waals surface area contributed by atoms with Crippen molar-refractivity contribution in [2.75, 3.05) is 13.2 Å². The van der Waals surface area contributed by atoms with Crippen molar-refractivity contribution in [3.05, 3.63) is 34.3 Å². The molecule has 0 N–H and O–H groups in total. The fourth-order valence-electron chi connectivity index (χ4n) is 3.17. The van der Waals surface area contributed by atoms with Crippen LogP contribution in [0.25, 0.3) is 0 Å². The predicted molar refractivity (Wildman–Crippen MR) is 80.6 cm³/mol. The minimum atomic E-state index is -4.46. The van der Waals surface area contributed by atoms with Gasteiger partial charge in [-0.3, -0.25) is 0 Å². The Morgan fingerprint density at radius 3 is 2.30 bits per heavy atom. The number of hydrogen-bond donors (Lipinski definition) is 0. The second-order valence-corrected chi connectivity index (χ2v) is 7.06. The lowest BCUT2D eigenvalue weighted by molar-refractivity contribution is -0.524. The number of halogens is 4. The first-order chi connectivity index (χ1) is 10.8. The first kappa shape index (κ1) is 17.2. The first-order valence-electron chi connectivity index (χ1n) is 7.60. The van der Waals surface area contributed by atoms with Gasteiger partial charge in [0, 0.05) is 10.0 Å². The molecule has 23 heavy (non-hydrogen) atoms. The summed E-state index contributed by atoms with van der Waals surface area (Å²) in [4.78, 5) is 0. The Morgan fingerprint density at radius 1 is 1.17 bits per heavy atom. The van der Waals surface area contributed by atoms with E-state index in [1.165, 1.54) is 0 Å². The summed E-state index contributed by atoms with van der Waals surface area (Å²) >= 11 is 3.30. The van der Waals surface area contributed by atoms with Gasteiger partial charge in [-0.05, 0) is 30.7 Å². The molecule has 3 heterocycles. The highest BCUT2D eigenvalue weighted by Gasteiger charge is 2.66. The third kappa shape index (κ3) is 3.04. The van der Waals surface area contributed by atoms with Crippen molar-refractivity contribution in [1.82, 2.24) is 0 Å². The molecule has 1 aromatic carbocycles. The fraction of sp³-hybridized carbons (Fsp3) is 0.625. The van der Waals surface area contributed by atoms with Gasteiger partial charge in [0.05, 0.1) is 18.6 Å². The molecule has 3 fully saturated rings. The number of unbranched alkanes of at least 4 members (excludes halogenated alkanes) is 1. The summed E-state index contributed by atoms with van der Waals surface area (Å²) in [6, 6.07) is 6.72. The first-order valence-corrected chi connectivity index (χ1v) is 8.39. The lowest BCUT2D eigenvalue weighted by atomic mass is 9.76. The Balaban J connectivity index is 1.93. The summed E-state index contributed by atoms with van der Waals surface area (Å²) in [6.45, 7) is 1.90. The lowest BCUT2D eigenvalue weighted by Gasteiger charge is -2.56. The van der Waals surface area contributed by atoms with E-state index in [-0.39, 0.29) is 13.2 Å². The van der Waals surface area contributed by atoms with E-state index in [4.69, 9.17) is 14.2 Å². The summed E-state index contributed by atoms with van der Waals surface area (Å²) in [5.74, 6) is -1.77. The quantitative estimate of drug-likeness (QED) is 0.737. The van der Waals surface area contributed by atoms with Crippen LogP contribution in [0, 0.1) is 5.41 Å². The van der Waals surface area contributed by atoms with Gasteiger partial charge in [0.15, 0.2) is 6.10 Å². The summed E-state index contributed by atoms with van der Waals surface area (Å²) in [5.41, 5.74) is -0.732. The molecule has 0 aliphatic carbocycles. The largest absolute Gasteiger partial charge is 0.415 e. The van der Waals surface area contributed by atoms with Gasteiger partial charge in [0.2, 0.25) is 0 Å². The fourth-order valence-corrected chi connectivity index (χ4v) is 3.43. The zero-order valence-corrected chi connectivity index (χ0v) is 14.2. The molecule has 2 bridgehead atoms. The highest BCUT2D eigenvalue weighted by molar-refractivity contribution is 9.10. The van der Waals surface area contributed by atoms with Crippen LogP contribution >= 0.6 is 15.9 Å². The molecule has 4 rings (SSSR count). The molecule has 3 aliphatic heterocycles. The molecule has 3 nitrogen and oxygen atoms in total. The molecule has 0 radical (unpaired) electrons. The van der Waals surface area contributed by atoms with Crippen LogP contribution in [0.3, 0.4) is 0 Å². The second-order valence-electron chi connectivity index (χ2n) is 6.15. The summed E-state index contributed by atoms with van der Waals surface area (Å²) in [5, 5.41) is 0. The van der Waals surface area contributed by atoms with Gasteiger partial charge in [0.25, 0.3) is 0 Å². The molecule has 128 valence electrons.